The molecule has 252 valence electrons. The van der Waals surface area contributed by atoms with Crippen molar-refractivity contribution in [3.63, 3.8) is 0 Å². The van der Waals surface area contributed by atoms with Crippen LogP contribution in [0.1, 0.15) is 25.0 Å². The molecule has 1 aromatic heterocycles. The lowest BCUT2D eigenvalue weighted by Gasteiger charge is -2.29. The molecule has 10 rings (SSSR count). The first kappa shape index (κ1) is 31.1. The Bertz CT molecular complexity index is 2810. The van der Waals surface area contributed by atoms with Crippen molar-refractivity contribution in [2.24, 2.45) is 0 Å². The number of aromatic nitrogens is 1. The summed E-state index contributed by atoms with van der Waals surface area (Å²) in [4.78, 5) is 2.43. The summed E-state index contributed by atoms with van der Waals surface area (Å²) < 4.78 is 2.37. The highest BCUT2D eigenvalue weighted by Gasteiger charge is 2.35. The monoisotopic (exact) mass is 678 g/mol. The van der Waals surface area contributed by atoms with E-state index < -0.39 is 0 Å². The summed E-state index contributed by atoms with van der Waals surface area (Å²) in [6.07, 6.45) is 0. The van der Waals surface area contributed by atoms with Gasteiger partial charge in [-0.3, -0.25) is 0 Å². The third-order valence-electron chi connectivity index (χ3n) is 11.2. The SMILES string of the molecule is CC1(C)c2ccccc2-c2ccc(N(c3cccc(-c4ccccc4)c3)c3cccc(-c4ccc5c(c4)c4ccccc4n5-c4ccccc4)c3)cc21. The molecule has 1 aliphatic rings. The van der Waals surface area contributed by atoms with Crippen molar-refractivity contribution >= 4 is 38.9 Å². The predicted octanol–water partition coefficient (Wildman–Crippen LogP) is 13.9. The van der Waals surface area contributed by atoms with Crippen molar-refractivity contribution in [3.05, 3.63) is 205 Å². The van der Waals surface area contributed by atoms with Crippen LogP contribution < -0.4 is 4.90 Å². The molecular formula is C51H38N2. The molecule has 0 unspecified atom stereocenters. The van der Waals surface area contributed by atoms with E-state index in [1.165, 1.54) is 72.0 Å². The van der Waals surface area contributed by atoms with Crippen LogP contribution in [0.5, 0.6) is 0 Å². The molecule has 0 amide bonds. The van der Waals surface area contributed by atoms with Crippen LogP contribution in [-0.2, 0) is 5.41 Å². The van der Waals surface area contributed by atoms with E-state index in [9.17, 15) is 0 Å². The van der Waals surface area contributed by atoms with E-state index in [2.05, 4.69) is 217 Å². The molecule has 53 heavy (non-hydrogen) atoms. The minimum Gasteiger partial charge on any atom is -0.310 e. The first-order chi connectivity index (χ1) is 26.0. The Labute approximate surface area is 310 Å². The van der Waals surface area contributed by atoms with E-state index in [0.29, 0.717) is 0 Å². The Kier molecular flexibility index (Phi) is 7.19. The van der Waals surface area contributed by atoms with Crippen LogP contribution in [0.25, 0.3) is 60.9 Å². The molecule has 9 aromatic rings. The second-order valence-corrected chi connectivity index (χ2v) is 14.6. The van der Waals surface area contributed by atoms with E-state index in [-0.39, 0.29) is 5.41 Å². The van der Waals surface area contributed by atoms with Gasteiger partial charge in [0, 0.05) is 38.9 Å². The van der Waals surface area contributed by atoms with Gasteiger partial charge < -0.3 is 9.47 Å². The van der Waals surface area contributed by atoms with E-state index in [1.54, 1.807) is 0 Å². The maximum absolute atomic E-state index is 2.43. The summed E-state index contributed by atoms with van der Waals surface area (Å²) >= 11 is 0. The zero-order valence-electron chi connectivity index (χ0n) is 29.9. The van der Waals surface area contributed by atoms with Gasteiger partial charge in [0.05, 0.1) is 11.0 Å². The molecule has 8 aromatic carbocycles. The molecule has 0 atom stereocenters. The Morgan fingerprint density at radius 1 is 0.377 bits per heavy atom. The minimum absolute atomic E-state index is 0.102. The Hall–Kier alpha value is -6.64. The Balaban J connectivity index is 1.13. The van der Waals surface area contributed by atoms with Crippen LogP contribution in [0.2, 0.25) is 0 Å². The standard InChI is InChI=1S/C51H38N2/c1-51(2)47-25-11-9-23-43(47)44-29-28-42(34-48(44)51)52(40-21-13-17-36(31-40)35-15-5-3-6-16-35)41-22-14-18-37(32-41)38-27-30-50-46(33-38)45-24-10-12-26-49(45)53(50)39-19-7-4-8-20-39/h3-34H,1-2H3. The molecule has 0 saturated carbocycles. The number of para-hydroxylation sites is 2. The van der Waals surface area contributed by atoms with Crippen LogP contribution in [0.15, 0.2) is 194 Å². The summed E-state index contributed by atoms with van der Waals surface area (Å²) in [6.45, 7) is 4.71. The van der Waals surface area contributed by atoms with Gasteiger partial charge in [0.25, 0.3) is 0 Å². The summed E-state index contributed by atoms with van der Waals surface area (Å²) in [7, 11) is 0. The average Bonchev–Trinajstić information content (AvgIpc) is 3.67. The van der Waals surface area contributed by atoms with Gasteiger partial charge in [0.1, 0.15) is 0 Å². The molecule has 0 radical (unpaired) electrons. The van der Waals surface area contributed by atoms with Gasteiger partial charge in [0.2, 0.25) is 0 Å². The lowest BCUT2D eigenvalue weighted by Crippen LogP contribution is -2.16. The van der Waals surface area contributed by atoms with Gasteiger partial charge in [-0.25, -0.2) is 0 Å². The van der Waals surface area contributed by atoms with Gasteiger partial charge in [0.15, 0.2) is 0 Å². The second kappa shape index (κ2) is 12.3. The summed E-state index contributed by atoms with van der Waals surface area (Å²) in [5.41, 5.74) is 17.0. The normalized spacial score (nSPS) is 12.9. The van der Waals surface area contributed by atoms with Crippen molar-refractivity contribution in [3.8, 4) is 39.1 Å². The molecule has 1 heterocycles. The highest BCUT2D eigenvalue weighted by molar-refractivity contribution is 6.10. The smallest absolute Gasteiger partial charge is 0.0541 e. The average molecular weight is 679 g/mol. The molecule has 0 spiro atoms. The van der Waals surface area contributed by atoms with Crippen LogP contribution in [0, 0.1) is 0 Å². The summed E-state index contributed by atoms with van der Waals surface area (Å²) in [5.74, 6) is 0. The van der Waals surface area contributed by atoms with Crippen molar-refractivity contribution in [2.75, 3.05) is 4.90 Å². The van der Waals surface area contributed by atoms with Gasteiger partial charge in [-0.2, -0.15) is 0 Å². The largest absolute Gasteiger partial charge is 0.310 e. The zero-order valence-corrected chi connectivity index (χ0v) is 29.9. The molecule has 1 aliphatic carbocycles. The predicted molar refractivity (Wildman–Crippen MR) is 224 cm³/mol. The number of anilines is 3. The van der Waals surface area contributed by atoms with Gasteiger partial charge in [-0.15, -0.1) is 0 Å². The number of hydrogen-bond donors (Lipinski definition) is 0. The molecule has 2 nitrogen and oxygen atoms in total. The summed E-state index contributed by atoms with van der Waals surface area (Å²) in [5, 5.41) is 2.51. The van der Waals surface area contributed by atoms with Crippen LogP contribution in [0.4, 0.5) is 17.1 Å². The van der Waals surface area contributed by atoms with Crippen molar-refractivity contribution in [1.29, 1.82) is 0 Å². The van der Waals surface area contributed by atoms with E-state index in [4.69, 9.17) is 0 Å². The third-order valence-corrected chi connectivity index (χ3v) is 11.2. The minimum atomic E-state index is -0.102. The highest BCUT2D eigenvalue weighted by Crippen LogP contribution is 2.51. The highest BCUT2D eigenvalue weighted by atomic mass is 15.1. The molecular weight excluding hydrogens is 641 g/mol. The van der Waals surface area contributed by atoms with Crippen molar-refractivity contribution < 1.29 is 0 Å². The maximum Gasteiger partial charge on any atom is 0.0541 e. The fourth-order valence-electron chi connectivity index (χ4n) is 8.57. The maximum atomic E-state index is 2.43. The van der Waals surface area contributed by atoms with Gasteiger partial charge >= 0.3 is 0 Å². The molecule has 0 N–H and O–H groups in total. The van der Waals surface area contributed by atoms with E-state index in [1.807, 2.05) is 0 Å². The molecule has 0 bridgehead atoms. The number of nitrogens with zero attached hydrogens (tertiary/aromatic N) is 2. The molecule has 0 aliphatic heterocycles. The third kappa shape index (κ3) is 5.10. The van der Waals surface area contributed by atoms with Crippen molar-refractivity contribution in [2.45, 2.75) is 19.3 Å². The second-order valence-electron chi connectivity index (χ2n) is 14.6. The van der Waals surface area contributed by atoms with E-state index >= 15 is 0 Å². The lowest BCUT2D eigenvalue weighted by molar-refractivity contribution is 0.660. The lowest BCUT2D eigenvalue weighted by atomic mass is 9.82. The number of benzene rings is 8. The fourth-order valence-corrected chi connectivity index (χ4v) is 8.57. The van der Waals surface area contributed by atoms with Crippen LogP contribution in [-0.4, -0.2) is 4.57 Å². The number of fused-ring (bicyclic) bond motifs is 6. The van der Waals surface area contributed by atoms with Crippen molar-refractivity contribution in [1.82, 2.24) is 4.57 Å². The molecule has 0 saturated heterocycles. The Morgan fingerprint density at radius 2 is 0.943 bits per heavy atom. The first-order valence-electron chi connectivity index (χ1n) is 18.4. The number of rotatable bonds is 6. The first-order valence-corrected chi connectivity index (χ1v) is 18.4. The Morgan fingerprint density at radius 3 is 1.72 bits per heavy atom. The number of hydrogen-bond acceptors (Lipinski definition) is 1. The van der Waals surface area contributed by atoms with Gasteiger partial charge in [-0.05, 0) is 111 Å². The topological polar surface area (TPSA) is 8.17 Å². The summed E-state index contributed by atoms with van der Waals surface area (Å²) in [6, 6.07) is 70.9. The molecule has 2 heteroatoms. The fraction of sp³-hybridized carbons (Fsp3) is 0.0588. The zero-order chi connectivity index (χ0) is 35.5. The van der Waals surface area contributed by atoms with Gasteiger partial charge in [-0.1, -0.05) is 141 Å². The van der Waals surface area contributed by atoms with Crippen LogP contribution in [0.3, 0.4) is 0 Å². The molecule has 0 fully saturated rings. The van der Waals surface area contributed by atoms with E-state index in [0.717, 1.165) is 17.1 Å². The van der Waals surface area contributed by atoms with Crippen LogP contribution >= 0.6 is 0 Å². The quantitative estimate of drug-likeness (QED) is 0.170.